The van der Waals surface area contributed by atoms with Crippen molar-refractivity contribution in [1.29, 1.82) is 5.41 Å². The van der Waals surface area contributed by atoms with Crippen molar-refractivity contribution >= 4 is 16.0 Å². The van der Waals surface area contributed by atoms with E-state index in [4.69, 9.17) is 11.1 Å². The molecule has 1 rings (SSSR count). The van der Waals surface area contributed by atoms with E-state index in [-0.39, 0.29) is 30.9 Å². The molecular formula is C12H26N4O2S. The van der Waals surface area contributed by atoms with E-state index in [0.29, 0.717) is 6.54 Å². The second-order valence-corrected chi connectivity index (χ2v) is 7.28. The Balaban J connectivity index is 2.88. The topological polar surface area (TPSA) is 90.5 Å². The molecule has 0 aromatic carbocycles. The van der Waals surface area contributed by atoms with E-state index in [0.717, 1.165) is 19.3 Å². The number of nitrogens with one attached hydrogen (secondary N) is 1. The van der Waals surface area contributed by atoms with Crippen LogP contribution < -0.4 is 5.73 Å². The average Bonchev–Trinajstić information content (AvgIpc) is 2.28. The molecular weight excluding hydrogens is 264 g/mol. The molecule has 0 aliphatic carbocycles. The van der Waals surface area contributed by atoms with E-state index >= 15 is 0 Å². The molecule has 0 bridgehead atoms. The highest BCUT2D eigenvalue weighted by Gasteiger charge is 2.35. The predicted octanol–water partition coefficient (Wildman–Crippen LogP) is 1.14. The number of rotatable bonds is 6. The van der Waals surface area contributed by atoms with Gasteiger partial charge in [0.05, 0.1) is 5.84 Å². The summed E-state index contributed by atoms with van der Waals surface area (Å²) in [6.07, 6.45) is 3.20. The lowest BCUT2D eigenvalue weighted by Gasteiger charge is -2.37. The Morgan fingerprint density at radius 1 is 1.47 bits per heavy atom. The third kappa shape index (κ3) is 4.15. The minimum Gasteiger partial charge on any atom is -0.388 e. The molecule has 6 nitrogen and oxygen atoms in total. The standard InChI is InChI=1S/C12H26N4O2S/c1-10(2)15(9-7-12(13)14)19(17,18)16-8-5-4-6-11(16)3/h10-11H,4-9H2,1-3H3,(H3,13,14). The third-order valence-electron chi connectivity index (χ3n) is 3.51. The Hall–Kier alpha value is -0.660. The molecule has 1 aliphatic rings. The van der Waals surface area contributed by atoms with Crippen molar-refractivity contribution in [3.8, 4) is 0 Å². The van der Waals surface area contributed by atoms with E-state index < -0.39 is 10.2 Å². The van der Waals surface area contributed by atoms with Crippen molar-refractivity contribution < 1.29 is 8.42 Å². The quantitative estimate of drug-likeness (QED) is 0.568. The first-order valence-corrected chi connectivity index (χ1v) is 8.28. The minimum absolute atomic E-state index is 0.0209. The van der Waals surface area contributed by atoms with Gasteiger partial charge in [-0.3, -0.25) is 5.41 Å². The molecule has 3 N–H and O–H groups in total. The minimum atomic E-state index is -3.45. The number of nitrogens with two attached hydrogens (primary N) is 1. The van der Waals surface area contributed by atoms with Gasteiger partial charge in [-0.15, -0.1) is 0 Å². The fourth-order valence-electron chi connectivity index (χ4n) is 2.42. The molecule has 1 aliphatic heterocycles. The maximum atomic E-state index is 12.7. The second kappa shape index (κ2) is 6.67. The normalized spacial score (nSPS) is 22.1. The molecule has 1 fully saturated rings. The third-order valence-corrected chi connectivity index (χ3v) is 5.84. The molecule has 0 spiro atoms. The van der Waals surface area contributed by atoms with Crippen molar-refractivity contribution in [2.24, 2.45) is 5.73 Å². The molecule has 0 radical (unpaired) electrons. The van der Waals surface area contributed by atoms with Gasteiger partial charge in [0.1, 0.15) is 0 Å². The highest BCUT2D eigenvalue weighted by atomic mass is 32.2. The average molecular weight is 290 g/mol. The van der Waals surface area contributed by atoms with E-state index in [2.05, 4.69) is 0 Å². The Morgan fingerprint density at radius 3 is 2.58 bits per heavy atom. The van der Waals surface area contributed by atoms with Crippen LogP contribution in [0, 0.1) is 5.41 Å². The van der Waals surface area contributed by atoms with Gasteiger partial charge in [0.2, 0.25) is 0 Å². The summed E-state index contributed by atoms with van der Waals surface area (Å²) in [5.74, 6) is 0.0209. The molecule has 0 aromatic heterocycles. The van der Waals surface area contributed by atoms with E-state index in [9.17, 15) is 8.42 Å². The van der Waals surface area contributed by atoms with E-state index in [1.165, 1.54) is 4.31 Å². The fraction of sp³-hybridized carbons (Fsp3) is 0.917. The van der Waals surface area contributed by atoms with Gasteiger partial charge in [-0.05, 0) is 33.6 Å². The lowest BCUT2D eigenvalue weighted by atomic mass is 10.1. The number of hydrogen-bond acceptors (Lipinski definition) is 3. The lowest BCUT2D eigenvalue weighted by molar-refractivity contribution is 0.235. The summed E-state index contributed by atoms with van der Waals surface area (Å²) in [7, 11) is -3.45. The maximum absolute atomic E-state index is 12.7. The molecule has 0 amide bonds. The Morgan fingerprint density at radius 2 is 2.11 bits per heavy atom. The predicted molar refractivity (Wildman–Crippen MR) is 77.3 cm³/mol. The molecule has 1 saturated heterocycles. The van der Waals surface area contributed by atoms with Crippen LogP contribution in [0.1, 0.15) is 46.5 Å². The van der Waals surface area contributed by atoms with Crippen molar-refractivity contribution in [3.05, 3.63) is 0 Å². The highest BCUT2D eigenvalue weighted by molar-refractivity contribution is 7.86. The zero-order chi connectivity index (χ0) is 14.6. The number of amidine groups is 1. The van der Waals surface area contributed by atoms with Crippen molar-refractivity contribution in [1.82, 2.24) is 8.61 Å². The van der Waals surface area contributed by atoms with Crippen LogP contribution in [-0.2, 0) is 10.2 Å². The van der Waals surface area contributed by atoms with Gasteiger partial charge in [0.25, 0.3) is 10.2 Å². The van der Waals surface area contributed by atoms with Gasteiger partial charge in [-0.2, -0.15) is 17.0 Å². The first kappa shape index (κ1) is 16.4. The Bertz CT molecular complexity index is 408. The van der Waals surface area contributed by atoms with Crippen molar-refractivity contribution in [2.45, 2.75) is 58.5 Å². The van der Waals surface area contributed by atoms with Crippen LogP contribution in [0.15, 0.2) is 0 Å². The highest BCUT2D eigenvalue weighted by Crippen LogP contribution is 2.23. The van der Waals surface area contributed by atoms with Crippen LogP contribution in [0.2, 0.25) is 0 Å². The van der Waals surface area contributed by atoms with Gasteiger partial charge < -0.3 is 5.73 Å². The van der Waals surface area contributed by atoms with Gasteiger partial charge in [0, 0.05) is 31.6 Å². The zero-order valence-electron chi connectivity index (χ0n) is 12.1. The van der Waals surface area contributed by atoms with Gasteiger partial charge in [-0.25, -0.2) is 0 Å². The summed E-state index contributed by atoms with van der Waals surface area (Å²) >= 11 is 0. The zero-order valence-corrected chi connectivity index (χ0v) is 12.9. The monoisotopic (exact) mass is 290 g/mol. The Kier molecular flexibility index (Phi) is 5.76. The summed E-state index contributed by atoms with van der Waals surface area (Å²) in [5.41, 5.74) is 5.34. The summed E-state index contributed by atoms with van der Waals surface area (Å²) in [4.78, 5) is 0. The number of hydrogen-bond donors (Lipinski definition) is 2. The van der Waals surface area contributed by atoms with Crippen LogP contribution in [0.3, 0.4) is 0 Å². The smallest absolute Gasteiger partial charge is 0.282 e. The summed E-state index contributed by atoms with van der Waals surface area (Å²) in [6.45, 7) is 6.53. The first-order chi connectivity index (χ1) is 8.76. The molecule has 112 valence electrons. The lowest BCUT2D eigenvalue weighted by Crippen LogP contribution is -2.52. The van der Waals surface area contributed by atoms with Crippen LogP contribution in [0.5, 0.6) is 0 Å². The molecule has 19 heavy (non-hydrogen) atoms. The molecule has 1 unspecified atom stereocenters. The van der Waals surface area contributed by atoms with E-state index in [1.54, 1.807) is 4.31 Å². The van der Waals surface area contributed by atoms with Crippen LogP contribution in [0.25, 0.3) is 0 Å². The van der Waals surface area contributed by atoms with Crippen LogP contribution in [-0.4, -0.2) is 48.0 Å². The van der Waals surface area contributed by atoms with Gasteiger partial charge in [-0.1, -0.05) is 6.42 Å². The van der Waals surface area contributed by atoms with Crippen molar-refractivity contribution in [2.75, 3.05) is 13.1 Å². The SMILES string of the molecule is CC(C)N(CCC(=N)N)S(=O)(=O)N1CCCCC1C. The van der Waals surface area contributed by atoms with Crippen molar-refractivity contribution in [3.63, 3.8) is 0 Å². The summed E-state index contributed by atoms with van der Waals surface area (Å²) < 4.78 is 28.4. The molecule has 0 saturated carbocycles. The summed E-state index contributed by atoms with van der Waals surface area (Å²) in [6, 6.07) is -0.0733. The molecule has 1 heterocycles. The van der Waals surface area contributed by atoms with Gasteiger partial charge >= 0.3 is 0 Å². The van der Waals surface area contributed by atoms with E-state index in [1.807, 2.05) is 20.8 Å². The van der Waals surface area contributed by atoms with Crippen LogP contribution in [0.4, 0.5) is 0 Å². The largest absolute Gasteiger partial charge is 0.388 e. The maximum Gasteiger partial charge on any atom is 0.282 e. The number of piperidine rings is 1. The first-order valence-electron chi connectivity index (χ1n) is 6.88. The van der Waals surface area contributed by atoms with Crippen LogP contribution >= 0.6 is 0 Å². The Labute approximate surface area is 116 Å². The fourth-order valence-corrected chi connectivity index (χ4v) is 4.46. The second-order valence-electron chi connectivity index (χ2n) is 5.44. The molecule has 7 heteroatoms. The molecule has 0 aromatic rings. The molecule has 1 atom stereocenters. The number of nitrogens with zero attached hydrogens (tertiary/aromatic N) is 2. The van der Waals surface area contributed by atoms with Gasteiger partial charge in [0.15, 0.2) is 0 Å². The summed E-state index contributed by atoms with van der Waals surface area (Å²) in [5, 5.41) is 7.26.